The lowest BCUT2D eigenvalue weighted by molar-refractivity contribution is -0.133. The van der Waals surface area contributed by atoms with Crippen LogP contribution in [-0.2, 0) is 9.53 Å². The third-order valence-corrected chi connectivity index (χ3v) is 2.06. The Morgan fingerprint density at radius 1 is 1.50 bits per heavy atom. The third-order valence-electron chi connectivity index (χ3n) is 2.06. The first-order chi connectivity index (χ1) is 6.61. The molecule has 3 heteroatoms. The summed E-state index contributed by atoms with van der Waals surface area (Å²) in [5.41, 5.74) is 0.236. The molecule has 0 aliphatic heterocycles. The van der Waals surface area contributed by atoms with Gasteiger partial charge in [0.15, 0.2) is 0 Å². The third kappa shape index (κ3) is 5.75. The molecule has 0 aliphatic carbocycles. The molecule has 0 aliphatic rings. The number of ether oxygens (including phenoxy) is 1. The van der Waals surface area contributed by atoms with Crippen molar-refractivity contribution in [3.8, 4) is 0 Å². The second kappa shape index (κ2) is 7.56. The van der Waals surface area contributed by atoms with Crippen molar-refractivity contribution in [3.05, 3.63) is 12.2 Å². The molecule has 0 amide bonds. The molecule has 0 heterocycles. The predicted molar refractivity (Wildman–Crippen MR) is 56.3 cm³/mol. The lowest BCUT2D eigenvalue weighted by atomic mass is 10.0. The molecule has 0 saturated carbocycles. The summed E-state index contributed by atoms with van der Waals surface area (Å²) in [5, 5.41) is 8.67. The molecule has 0 aromatic rings. The summed E-state index contributed by atoms with van der Waals surface area (Å²) in [5.74, 6) is -0.925. The number of rotatable bonds is 8. The van der Waals surface area contributed by atoms with Gasteiger partial charge in [0.25, 0.3) is 0 Å². The number of carboxylic acid groups (broad SMARTS) is 1. The molecule has 1 N–H and O–H groups in total. The normalized spacial score (nSPS) is 12.4. The molecule has 0 rings (SSSR count). The Kier molecular flexibility index (Phi) is 7.11. The fourth-order valence-corrected chi connectivity index (χ4v) is 1.27. The summed E-state index contributed by atoms with van der Waals surface area (Å²) in [6.07, 6.45) is 3.53. The van der Waals surface area contributed by atoms with Gasteiger partial charge >= 0.3 is 5.97 Å². The molecule has 0 aromatic heterocycles. The van der Waals surface area contributed by atoms with E-state index in [2.05, 4.69) is 13.5 Å². The van der Waals surface area contributed by atoms with E-state index in [1.807, 2.05) is 6.92 Å². The van der Waals surface area contributed by atoms with Crippen molar-refractivity contribution in [2.24, 2.45) is 0 Å². The van der Waals surface area contributed by atoms with Gasteiger partial charge in [0.1, 0.15) is 0 Å². The molecule has 0 bridgehead atoms. The van der Waals surface area contributed by atoms with E-state index in [1.165, 1.54) is 0 Å². The van der Waals surface area contributed by atoms with Gasteiger partial charge in [0.2, 0.25) is 0 Å². The topological polar surface area (TPSA) is 46.5 Å². The van der Waals surface area contributed by atoms with Gasteiger partial charge in [-0.25, -0.2) is 4.79 Å². The van der Waals surface area contributed by atoms with Gasteiger partial charge in [-0.1, -0.05) is 26.3 Å². The van der Waals surface area contributed by atoms with E-state index in [9.17, 15) is 4.79 Å². The molecule has 0 aromatic carbocycles. The van der Waals surface area contributed by atoms with Gasteiger partial charge < -0.3 is 9.84 Å². The Balaban J connectivity index is 3.94. The lowest BCUT2D eigenvalue weighted by Gasteiger charge is -2.16. The van der Waals surface area contributed by atoms with Crippen LogP contribution in [0.4, 0.5) is 0 Å². The van der Waals surface area contributed by atoms with Gasteiger partial charge in [0, 0.05) is 18.6 Å². The standard InChI is InChI=1S/C11H20O3/c1-4-6-7-10(14-5-2)8-9(3)11(12)13/h10H,3-8H2,1-2H3,(H,12,13). The van der Waals surface area contributed by atoms with Crippen LogP contribution in [-0.4, -0.2) is 23.8 Å². The highest BCUT2D eigenvalue weighted by atomic mass is 16.5. The first kappa shape index (κ1) is 13.2. The number of aliphatic carboxylic acids is 1. The van der Waals surface area contributed by atoms with E-state index < -0.39 is 5.97 Å². The minimum atomic E-state index is -0.925. The van der Waals surface area contributed by atoms with Crippen LogP contribution in [0.25, 0.3) is 0 Å². The Labute approximate surface area is 85.8 Å². The summed E-state index contributed by atoms with van der Waals surface area (Å²) in [4.78, 5) is 10.6. The average molecular weight is 200 g/mol. The van der Waals surface area contributed by atoms with E-state index >= 15 is 0 Å². The Morgan fingerprint density at radius 3 is 2.57 bits per heavy atom. The number of carbonyl (C=O) groups is 1. The lowest BCUT2D eigenvalue weighted by Crippen LogP contribution is -2.16. The van der Waals surface area contributed by atoms with E-state index in [0.29, 0.717) is 13.0 Å². The first-order valence-corrected chi connectivity index (χ1v) is 5.14. The molecule has 3 nitrogen and oxygen atoms in total. The van der Waals surface area contributed by atoms with Crippen molar-refractivity contribution in [1.29, 1.82) is 0 Å². The largest absolute Gasteiger partial charge is 0.478 e. The monoisotopic (exact) mass is 200 g/mol. The summed E-state index contributed by atoms with van der Waals surface area (Å²) >= 11 is 0. The zero-order chi connectivity index (χ0) is 11.0. The van der Waals surface area contributed by atoms with Crippen LogP contribution in [0.3, 0.4) is 0 Å². The fraction of sp³-hybridized carbons (Fsp3) is 0.727. The van der Waals surface area contributed by atoms with E-state index in [-0.39, 0.29) is 11.7 Å². The van der Waals surface area contributed by atoms with Crippen molar-refractivity contribution in [3.63, 3.8) is 0 Å². The van der Waals surface area contributed by atoms with Crippen LogP contribution in [0, 0.1) is 0 Å². The average Bonchev–Trinajstić information content (AvgIpc) is 2.14. The molecular weight excluding hydrogens is 180 g/mol. The SMILES string of the molecule is C=C(CC(CCCC)OCC)C(=O)O. The number of hydrogen-bond acceptors (Lipinski definition) is 2. The minimum Gasteiger partial charge on any atom is -0.478 e. The second-order valence-corrected chi connectivity index (χ2v) is 3.33. The van der Waals surface area contributed by atoms with Crippen LogP contribution in [0.2, 0.25) is 0 Å². The van der Waals surface area contributed by atoms with Crippen LogP contribution < -0.4 is 0 Å². The highest BCUT2D eigenvalue weighted by Crippen LogP contribution is 2.13. The van der Waals surface area contributed by atoms with Crippen molar-refractivity contribution in [2.75, 3.05) is 6.61 Å². The van der Waals surface area contributed by atoms with Gasteiger partial charge in [-0.2, -0.15) is 0 Å². The van der Waals surface area contributed by atoms with Gasteiger partial charge in [0.05, 0.1) is 6.10 Å². The highest BCUT2D eigenvalue weighted by molar-refractivity contribution is 5.85. The zero-order valence-corrected chi connectivity index (χ0v) is 9.08. The van der Waals surface area contributed by atoms with Crippen molar-refractivity contribution < 1.29 is 14.6 Å². The molecule has 0 fully saturated rings. The second-order valence-electron chi connectivity index (χ2n) is 3.33. The van der Waals surface area contributed by atoms with Crippen LogP contribution in [0.5, 0.6) is 0 Å². The first-order valence-electron chi connectivity index (χ1n) is 5.14. The molecule has 1 unspecified atom stereocenters. The van der Waals surface area contributed by atoms with Gasteiger partial charge in [-0.05, 0) is 13.3 Å². The number of hydrogen-bond donors (Lipinski definition) is 1. The highest BCUT2D eigenvalue weighted by Gasteiger charge is 2.13. The van der Waals surface area contributed by atoms with E-state index in [1.54, 1.807) is 0 Å². The summed E-state index contributed by atoms with van der Waals surface area (Å²) in [7, 11) is 0. The number of unbranched alkanes of at least 4 members (excludes halogenated alkanes) is 1. The quantitative estimate of drug-likeness (QED) is 0.613. The maximum atomic E-state index is 10.6. The van der Waals surface area contributed by atoms with Gasteiger partial charge in [-0.3, -0.25) is 0 Å². The van der Waals surface area contributed by atoms with E-state index in [0.717, 1.165) is 19.3 Å². The zero-order valence-electron chi connectivity index (χ0n) is 9.08. The van der Waals surface area contributed by atoms with Crippen molar-refractivity contribution >= 4 is 5.97 Å². The van der Waals surface area contributed by atoms with Crippen molar-refractivity contribution in [1.82, 2.24) is 0 Å². The Morgan fingerprint density at radius 2 is 2.14 bits per heavy atom. The molecule has 0 spiro atoms. The summed E-state index contributed by atoms with van der Waals surface area (Å²) < 4.78 is 5.44. The van der Waals surface area contributed by atoms with E-state index in [4.69, 9.17) is 9.84 Å². The molecule has 0 radical (unpaired) electrons. The van der Waals surface area contributed by atoms with Crippen LogP contribution >= 0.6 is 0 Å². The summed E-state index contributed by atoms with van der Waals surface area (Å²) in [6, 6.07) is 0. The fourth-order valence-electron chi connectivity index (χ4n) is 1.27. The smallest absolute Gasteiger partial charge is 0.331 e. The predicted octanol–water partition coefficient (Wildman–Crippen LogP) is 2.61. The summed E-state index contributed by atoms with van der Waals surface area (Å²) in [6.45, 7) is 8.16. The maximum absolute atomic E-state index is 10.6. The molecule has 1 atom stereocenters. The van der Waals surface area contributed by atoms with Gasteiger partial charge in [-0.15, -0.1) is 0 Å². The van der Waals surface area contributed by atoms with Crippen LogP contribution in [0.1, 0.15) is 39.5 Å². The number of carboxylic acids is 1. The van der Waals surface area contributed by atoms with Crippen LogP contribution in [0.15, 0.2) is 12.2 Å². The minimum absolute atomic E-state index is 0.0172. The maximum Gasteiger partial charge on any atom is 0.331 e. The van der Waals surface area contributed by atoms with Crippen molar-refractivity contribution in [2.45, 2.75) is 45.6 Å². The molecule has 82 valence electrons. The Hall–Kier alpha value is -0.830. The molecule has 0 saturated heterocycles. The molecular formula is C11H20O3. The Bertz CT molecular complexity index is 187. The molecule has 14 heavy (non-hydrogen) atoms.